The number of allylic oxidation sites excluding steroid dienone is 2. The molecule has 3 heterocycles. The average molecular weight is 846 g/mol. The number of aromatic nitrogens is 1. The van der Waals surface area contributed by atoms with Crippen molar-refractivity contribution in [2.24, 2.45) is 5.41 Å². The molecule has 1 saturated heterocycles. The maximum atomic E-state index is 12.8. The molecule has 60 heavy (non-hydrogen) atoms. The van der Waals surface area contributed by atoms with Gasteiger partial charge in [-0.25, -0.2) is 9.78 Å². The van der Waals surface area contributed by atoms with Crippen molar-refractivity contribution >= 4 is 46.3 Å². The van der Waals surface area contributed by atoms with E-state index in [9.17, 15) is 15.0 Å². The molecule has 0 saturated carbocycles. The lowest BCUT2D eigenvalue weighted by Gasteiger charge is -2.44. The van der Waals surface area contributed by atoms with E-state index in [2.05, 4.69) is 80.5 Å². The van der Waals surface area contributed by atoms with E-state index in [1.165, 1.54) is 23.1 Å². The second-order valence-corrected chi connectivity index (χ2v) is 17.3. The molecule has 9 nitrogen and oxygen atoms in total. The Morgan fingerprint density at radius 1 is 1.07 bits per heavy atom. The third kappa shape index (κ3) is 12.8. The van der Waals surface area contributed by atoms with Gasteiger partial charge >= 0.3 is 5.97 Å². The van der Waals surface area contributed by atoms with Crippen molar-refractivity contribution in [3.63, 3.8) is 0 Å². The monoisotopic (exact) mass is 845 g/mol. The minimum Gasteiger partial charge on any atom is -0.478 e. The number of aromatic carboxylic acids is 1. The van der Waals surface area contributed by atoms with Crippen LogP contribution in [0, 0.1) is 5.41 Å². The Morgan fingerprint density at radius 2 is 1.80 bits per heavy atom. The molecular formula is C50H73ClN4O5. The zero-order valence-corrected chi connectivity index (χ0v) is 38.8. The van der Waals surface area contributed by atoms with Crippen LogP contribution in [0.3, 0.4) is 0 Å². The van der Waals surface area contributed by atoms with Crippen molar-refractivity contribution in [2.75, 3.05) is 69.0 Å². The molecule has 10 heteroatoms. The van der Waals surface area contributed by atoms with Gasteiger partial charge in [-0.3, -0.25) is 4.90 Å². The highest BCUT2D eigenvalue weighted by Crippen LogP contribution is 2.44. The Hall–Kier alpha value is -3.89. The second-order valence-electron chi connectivity index (χ2n) is 16.8. The number of rotatable bonds is 14. The highest BCUT2D eigenvalue weighted by Gasteiger charge is 2.34. The normalized spacial score (nSPS) is 18.4. The zero-order chi connectivity index (χ0) is 43.8. The molecule has 2 unspecified atom stereocenters. The maximum Gasteiger partial charge on any atom is 0.337 e. The molecule has 3 aliphatic rings. The first-order valence-electron chi connectivity index (χ1n) is 22.5. The summed E-state index contributed by atoms with van der Waals surface area (Å²) in [4.78, 5) is 24.9. The molecule has 0 amide bonds. The third-order valence-electron chi connectivity index (χ3n) is 11.5. The molecule has 2 aliphatic heterocycles. The van der Waals surface area contributed by atoms with Crippen LogP contribution in [0.5, 0.6) is 5.88 Å². The van der Waals surface area contributed by atoms with Crippen LogP contribution >= 0.6 is 11.6 Å². The van der Waals surface area contributed by atoms with Crippen LogP contribution in [0.1, 0.15) is 140 Å². The number of benzene rings is 2. The van der Waals surface area contributed by atoms with Crippen molar-refractivity contribution in [3.05, 3.63) is 87.6 Å². The fourth-order valence-corrected chi connectivity index (χ4v) is 8.31. The second kappa shape index (κ2) is 23.9. The Bertz CT molecular complexity index is 1880. The first kappa shape index (κ1) is 48.8. The summed E-state index contributed by atoms with van der Waals surface area (Å²) in [5.74, 6) is -0.166. The highest BCUT2D eigenvalue weighted by molar-refractivity contribution is 6.30. The number of ether oxygens (including phenoxy) is 2. The summed E-state index contributed by atoms with van der Waals surface area (Å²) >= 11 is 6.30. The van der Waals surface area contributed by atoms with E-state index in [0.29, 0.717) is 44.4 Å². The number of hydrogen-bond donors (Lipinski definition) is 2. The summed E-state index contributed by atoms with van der Waals surface area (Å²) < 4.78 is 12.4. The molecule has 2 atom stereocenters. The van der Waals surface area contributed by atoms with Gasteiger partial charge in [-0.1, -0.05) is 103 Å². The molecule has 2 N–H and O–H groups in total. The van der Waals surface area contributed by atoms with Gasteiger partial charge in [0.1, 0.15) is 5.69 Å². The van der Waals surface area contributed by atoms with Crippen LogP contribution in [0.15, 0.2) is 60.2 Å². The number of aliphatic hydroxyl groups is 1. The van der Waals surface area contributed by atoms with Crippen molar-refractivity contribution in [1.82, 2.24) is 9.88 Å². The van der Waals surface area contributed by atoms with Crippen molar-refractivity contribution in [1.29, 1.82) is 0 Å². The van der Waals surface area contributed by atoms with Crippen LogP contribution in [0.2, 0.25) is 5.02 Å². The number of fused-ring (bicyclic) bond motifs is 1. The SMILES string of the molecule is C/C=C\c1cc2c(nc1C(C)CC)OCCCN2c1cc(N2CCN(CC3=C(c4ccc(Cl)cc4)CC(C)(C)CC3)C(COCCCO)C2)ccc1C(=O)O.CC.CCC. The molecule has 1 fully saturated rings. The summed E-state index contributed by atoms with van der Waals surface area (Å²) in [7, 11) is 0. The number of hydrogen-bond acceptors (Lipinski definition) is 8. The standard InChI is InChI=1S/C45H59ClN4O5.C3H8.C2H6/c1-6-10-33-25-41-43(47-42(33)31(3)7-2)55-24-8-19-50(41)40-26-36(15-16-38(40)44(52)53)49-21-20-48(37(29-49)30-54-23-9-22-51)28-34-17-18-45(4,5)27-39(34)32-11-13-35(46)14-12-32;1-3-2;1-2/h6,10-16,25-26,31,37,51H,7-9,17-24,27-30H2,1-5H3,(H,52,53);3H2,1-2H3;1-2H3/b10-6-;;. The molecular weight excluding hydrogens is 772 g/mol. The smallest absolute Gasteiger partial charge is 0.337 e. The lowest BCUT2D eigenvalue weighted by atomic mass is 9.72. The average Bonchev–Trinajstić information content (AvgIpc) is 3.46. The molecule has 1 aliphatic carbocycles. The molecule has 0 bridgehead atoms. The number of anilines is 3. The first-order valence-corrected chi connectivity index (χ1v) is 22.9. The largest absolute Gasteiger partial charge is 0.478 e. The summed E-state index contributed by atoms with van der Waals surface area (Å²) in [5.41, 5.74) is 9.05. The molecule has 6 rings (SSSR count). The minimum atomic E-state index is -0.966. The van der Waals surface area contributed by atoms with Crippen LogP contribution in [-0.4, -0.2) is 91.3 Å². The van der Waals surface area contributed by atoms with Crippen molar-refractivity contribution < 1.29 is 24.5 Å². The lowest BCUT2D eigenvalue weighted by Crippen LogP contribution is -2.55. The van der Waals surface area contributed by atoms with E-state index in [1.54, 1.807) is 6.07 Å². The minimum absolute atomic E-state index is 0.0989. The maximum absolute atomic E-state index is 12.8. The number of carbonyl (C=O) groups is 1. The third-order valence-corrected chi connectivity index (χ3v) is 11.8. The molecule has 0 radical (unpaired) electrons. The number of carboxylic acids is 1. The summed E-state index contributed by atoms with van der Waals surface area (Å²) in [6, 6.07) is 16.2. The topological polar surface area (TPSA) is 98.6 Å². The van der Waals surface area contributed by atoms with Gasteiger partial charge in [0.05, 0.1) is 36.2 Å². The lowest BCUT2D eigenvalue weighted by molar-refractivity contribution is 0.0502. The van der Waals surface area contributed by atoms with Crippen molar-refractivity contribution in [3.8, 4) is 5.88 Å². The number of halogens is 1. The van der Waals surface area contributed by atoms with Crippen LogP contribution in [-0.2, 0) is 4.74 Å². The van der Waals surface area contributed by atoms with Crippen LogP contribution < -0.4 is 14.5 Å². The van der Waals surface area contributed by atoms with Gasteiger partial charge in [0.2, 0.25) is 5.88 Å². The molecule has 2 aromatic carbocycles. The summed E-state index contributed by atoms with van der Waals surface area (Å²) in [6.07, 6.45) is 10.8. The van der Waals surface area contributed by atoms with Gasteiger partial charge in [0.25, 0.3) is 0 Å². The molecule has 330 valence electrons. The van der Waals surface area contributed by atoms with Gasteiger partial charge in [-0.15, -0.1) is 0 Å². The number of nitrogens with zero attached hydrogens (tertiary/aromatic N) is 4. The van der Waals surface area contributed by atoms with E-state index >= 15 is 0 Å². The van der Waals surface area contributed by atoms with Crippen LogP contribution in [0.4, 0.5) is 17.1 Å². The van der Waals surface area contributed by atoms with Crippen molar-refractivity contribution in [2.45, 2.75) is 119 Å². The predicted molar refractivity (Wildman–Crippen MR) is 252 cm³/mol. The van der Waals surface area contributed by atoms with Gasteiger partial charge in [0, 0.05) is 56.6 Å². The van der Waals surface area contributed by atoms with Crippen LogP contribution in [0.25, 0.3) is 11.6 Å². The van der Waals surface area contributed by atoms with E-state index in [-0.39, 0.29) is 29.5 Å². The van der Waals surface area contributed by atoms with Gasteiger partial charge in [0.15, 0.2) is 0 Å². The Labute approximate surface area is 366 Å². The van der Waals surface area contributed by atoms with Gasteiger partial charge in [-0.2, -0.15) is 0 Å². The Balaban J connectivity index is 0.00000152. The number of aliphatic hydroxyl groups excluding tert-OH is 1. The zero-order valence-electron chi connectivity index (χ0n) is 38.0. The first-order chi connectivity index (χ1) is 28.9. The molecule has 0 spiro atoms. The molecule has 1 aromatic heterocycles. The van der Waals surface area contributed by atoms with E-state index in [4.69, 9.17) is 26.1 Å². The van der Waals surface area contributed by atoms with E-state index in [1.807, 2.05) is 51.1 Å². The Kier molecular flexibility index (Phi) is 19.5. The van der Waals surface area contributed by atoms with Gasteiger partial charge in [-0.05, 0) is 110 Å². The predicted octanol–water partition coefficient (Wildman–Crippen LogP) is 11.9. The van der Waals surface area contributed by atoms with Gasteiger partial charge < -0.3 is 29.5 Å². The summed E-state index contributed by atoms with van der Waals surface area (Å²) in [5, 5.41) is 20.7. The Morgan fingerprint density at radius 3 is 2.47 bits per heavy atom. The fraction of sp³-hybridized carbons (Fsp3) is 0.560. The number of pyridine rings is 1. The number of carboxylic acid groups (broad SMARTS) is 1. The van der Waals surface area contributed by atoms with E-state index < -0.39 is 5.97 Å². The quantitative estimate of drug-likeness (QED) is 0.154. The van der Waals surface area contributed by atoms with E-state index in [0.717, 1.165) is 85.9 Å². The number of piperazine rings is 1. The fourth-order valence-electron chi connectivity index (χ4n) is 8.19. The highest BCUT2D eigenvalue weighted by atomic mass is 35.5. The summed E-state index contributed by atoms with van der Waals surface area (Å²) in [6.45, 7) is 24.8. The molecule has 3 aromatic rings.